The third-order valence-corrected chi connectivity index (χ3v) is 5.34. The number of anilines is 1. The van der Waals surface area contributed by atoms with E-state index >= 15 is 0 Å². The number of primary sulfonamides is 1. The molecule has 1 aliphatic rings. The number of unbranched alkanes of at least 4 members (excludes halogenated alkanes) is 1. The molecule has 2 aromatic rings. The fourth-order valence-corrected chi connectivity index (χ4v) is 3.68. The van der Waals surface area contributed by atoms with Crippen LogP contribution in [0.2, 0.25) is 0 Å². The highest BCUT2D eigenvalue weighted by Gasteiger charge is 2.24. The molecule has 0 aromatic heterocycles. The van der Waals surface area contributed by atoms with E-state index in [1.54, 1.807) is 41.3 Å². The molecule has 2 amide bonds. The van der Waals surface area contributed by atoms with E-state index in [1.165, 1.54) is 6.07 Å². The van der Waals surface area contributed by atoms with Crippen molar-refractivity contribution in [3.8, 4) is 16.9 Å². The van der Waals surface area contributed by atoms with Crippen LogP contribution in [0.3, 0.4) is 0 Å². The first-order valence-electron chi connectivity index (χ1n) is 8.85. The lowest BCUT2D eigenvalue weighted by molar-refractivity contribution is 0.252. The van der Waals surface area contributed by atoms with Crippen LogP contribution in [0.15, 0.2) is 47.4 Å². The first kappa shape index (κ1) is 19.2. The second kappa shape index (κ2) is 7.98. The Kier molecular flexibility index (Phi) is 5.67. The minimum Gasteiger partial charge on any atom is -0.494 e. The van der Waals surface area contributed by atoms with Crippen molar-refractivity contribution in [2.24, 2.45) is 5.14 Å². The fourth-order valence-electron chi connectivity index (χ4n) is 2.94. The maximum absolute atomic E-state index is 12.0. The second-order valence-electron chi connectivity index (χ2n) is 6.34. The summed E-state index contributed by atoms with van der Waals surface area (Å²) in [4.78, 5) is 13.5. The number of sulfonamides is 1. The van der Waals surface area contributed by atoms with Gasteiger partial charge in [0.15, 0.2) is 0 Å². The first-order valence-corrected chi connectivity index (χ1v) is 10.4. The lowest BCUT2D eigenvalue weighted by atomic mass is 10.0. The number of carbonyl (C=O) groups excluding carboxylic acids is 1. The molecule has 3 N–H and O–H groups in total. The van der Waals surface area contributed by atoms with Crippen LogP contribution < -0.4 is 20.1 Å². The topological polar surface area (TPSA) is 102 Å². The smallest absolute Gasteiger partial charge is 0.321 e. The standard InChI is InChI=1S/C19H23N3O4S/c1-2-3-12-26-16-7-4-14(5-8-16)17-13-15(22-11-10-21-19(22)23)6-9-18(17)27(20,24)25/h4-9,13H,2-3,10-12H2,1H3,(H,21,23)(H2,20,24,25). The number of amides is 2. The van der Waals surface area contributed by atoms with Gasteiger partial charge in [-0.25, -0.2) is 18.4 Å². The van der Waals surface area contributed by atoms with Gasteiger partial charge < -0.3 is 10.1 Å². The van der Waals surface area contributed by atoms with E-state index in [9.17, 15) is 13.2 Å². The van der Waals surface area contributed by atoms with Crippen molar-refractivity contribution in [3.05, 3.63) is 42.5 Å². The fraction of sp³-hybridized carbons (Fsp3) is 0.316. The van der Waals surface area contributed by atoms with Gasteiger partial charge in [-0.05, 0) is 42.3 Å². The van der Waals surface area contributed by atoms with Crippen LogP contribution in [0.25, 0.3) is 11.1 Å². The van der Waals surface area contributed by atoms with Gasteiger partial charge in [0.25, 0.3) is 0 Å². The number of nitrogens with one attached hydrogen (secondary N) is 1. The zero-order valence-corrected chi connectivity index (χ0v) is 16.0. The number of urea groups is 1. The minimum atomic E-state index is -3.91. The molecule has 0 bridgehead atoms. The van der Waals surface area contributed by atoms with Gasteiger partial charge in [-0.15, -0.1) is 0 Å². The Morgan fingerprint density at radius 1 is 1.19 bits per heavy atom. The average Bonchev–Trinajstić information content (AvgIpc) is 3.07. The van der Waals surface area contributed by atoms with Crippen molar-refractivity contribution in [2.45, 2.75) is 24.7 Å². The third kappa shape index (κ3) is 4.40. The van der Waals surface area contributed by atoms with Crippen LogP contribution >= 0.6 is 0 Å². The number of ether oxygens (including phenoxy) is 1. The Bertz CT molecular complexity index is 926. The highest BCUT2D eigenvalue weighted by atomic mass is 32.2. The zero-order chi connectivity index (χ0) is 19.4. The molecule has 0 saturated carbocycles. The van der Waals surface area contributed by atoms with E-state index in [0.717, 1.165) is 18.6 Å². The van der Waals surface area contributed by atoms with E-state index in [4.69, 9.17) is 9.88 Å². The van der Waals surface area contributed by atoms with Crippen LogP contribution in [0.4, 0.5) is 10.5 Å². The van der Waals surface area contributed by atoms with Gasteiger partial charge in [-0.2, -0.15) is 0 Å². The van der Waals surface area contributed by atoms with Crippen molar-refractivity contribution in [1.82, 2.24) is 5.32 Å². The van der Waals surface area contributed by atoms with E-state index in [-0.39, 0.29) is 10.9 Å². The molecule has 0 unspecified atom stereocenters. The van der Waals surface area contributed by atoms with Crippen LogP contribution in [-0.4, -0.2) is 34.1 Å². The molecule has 1 heterocycles. The number of rotatable bonds is 7. The lowest BCUT2D eigenvalue weighted by Crippen LogP contribution is -2.27. The number of carbonyl (C=O) groups is 1. The predicted molar refractivity (Wildman–Crippen MR) is 104 cm³/mol. The number of benzene rings is 2. The Hall–Kier alpha value is -2.58. The van der Waals surface area contributed by atoms with Gasteiger partial charge in [0.2, 0.25) is 10.0 Å². The third-order valence-electron chi connectivity index (χ3n) is 4.37. The average molecular weight is 389 g/mol. The monoisotopic (exact) mass is 389 g/mol. The summed E-state index contributed by atoms with van der Waals surface area (Å²) in [6.45, 7) is 3.80. The molecule has 1 saturated heterocycles. The molecule has 0 atom stereocenters. The van der Waals surface area contributed by atoms with Gasteiger partial charge in [0.1, 0.15) is 5.75 Å². The SMILES string of the molecule is CCCCOc1ccc(-c2cc(N3CCNC3=O)ccc2S(N)(=O)=O)cc1. The quantitative estimate of drug-likeness (QED) is 0.711. The highest BCUT2D eigenvalue weighted by molar-refractivity contribution is 7.89. The number of nitrogens with zero attached hydrogens (tertiary/aromatic N) is 1. The molecule has 8 heteroatoms. The summed E-state index contributed by atoms with van der Waals surface area (Å²) in [5, 5.41) is 8.12. The van der Waals surface area contributed by atoms with Crippen molar-refractivity contribution >= 4 is 21.7 Å². The Labute approximate surface area is 159 Å². The molecular weight excluding hydrogens is 366 g/mol. The van der Waals surface area contributed by atoms with Crippen molar-refractivity contribution < 1.29 is 17.9 Å². The van der Waals surface area contributed by atoms with E-state index in [2.05, 4.69) is 12.2 Å². The van der Waals surface area contributed by atoms with E-state index < -0.39 is 10.0 Å². The summed E-state index contributed by atoms with van der Waals surface area (Å²) < 4.78 is 29.7. The summed E-state index contributed by atoms with van der Waals surface area (Å²) in [6.07, 6.45) is 2.02. The molecule has 0 aliphatic carbocycles. The molecule has 7 nitrogen and oxygen atoms in total. The first-order chi connectivity index (χ1) is 12.9. The van der Waals surface area contributed by atoms with Crippen LogP contribution in [-0.2, 0) is 10.0 Å². The minimum absolute atomic E-state index is 0.0190. The summed E-state index contributed by atoms with van der Waals surface area (Å²) in [5.74, 6) is 0.722. The Morgan fingerprint density at radius 2 is 1.93 bits per heavy atom. The maximum atomic E-state index is 12.0. The summed E-state index contributed by atoms with van der Waals surface area (Å²) in [5.41, 5.74) is 1.76. The van der Waals surface area contributed by atoms with Gasteiger partial charge in [0.05, 0.1) is 11.5 Å². The number of nitrogens with two attached hydrogens (primary N) is 1. The molecule has 144 valence electrons. The van der Waals surface area contributed by atoms with Gasteiger partial charge in [-0.3, -0.25) is 4.90 Å². The van der Waals surface area contributed by atoms with Crippen LogP contribution in [0.1, 0.15) is 19.8 Å². The van der Waals surface area contributed by atoms with Gasteiger partial charge >= 0.3 is 6.03 Å². The number of hydrogen-bond acceptors (Lipinski definition) is 4. The predicted octanol–water partition coefficient (Wildman–Crippen LogP) is 2.71. The Balaban J connectivity index is 1.97. The normalized spacial score (nSPS) is 14.3. The molecule has 1 aliphatic heterocycles. The zero-order valence-electron chi connectivity index (χ0n) is 15.1. The molecule has 27 heavy (non-hydrogen) atoms. The van der Waals surface area contributed by atoms with Crippen LogP contribution in [0.5, 0.6) is 5.75 Å². The van der Waals surface area contributed by atoms with E-state index in [1.807, 2.05) is 0 Å². The van der Waals surface area contributed by atoms with Crippen molar-refractivity contribution in [3.63, 3.8) is 0 Å². The molecule has 0 spiro atoms. The summed E-state index contributed by atoms with van der Waals surface area (Å²) in [7, 11) is -3.91. The highest BCUT2D eigenvalue weighted by Crippen LogP contribution is 2.32. The van der Waals surface area contributed by atoms with Crippen molar-refractivity contribution in [2.75, 3.05) is 24.6 Å². The lowest BCUT2D eigenvalue weighted by Gasteiger charge is -2.17. The van der Waals surface area contributed by atoms with Crippen LogP contribution in [0, 0.1) is 0 Å². The molecular formula is C19H23N3O4S. The van der Waals surface area contributed by atoms with Gasteiger partial charge in [-0.1, -0.05) is 25.5 Å². The second-order valence-corrected chi connectivity index (χ2v) is 7.87. The Morgan fingerprint density at radius 3 is 2.52 bits per heavy atom. The summed E-state index contributed by atoms with van der Waals surface area (Å²) >= 11 is 0. The molecule has 3 rings (SSSR count). The number of hydrogen-bond donors (Lipinski definition) is 2. The van der Waals surface area contributed by atoms with Gasteiger partial charge in [0, 0.05) is 24.3 Å². The maximum Gasteiger partial charge on any atom is 0.321 e. The molecule has 2 aromatic carbocycles. The molecule has 1 fully saturated rings. The summed E-state index contributed by atoms with van der Waals surface area (Å²) in [6, 6.07) is 11.7. The largest absolute Gasteiger partial charge is 0.494 e. The van der Waals surface area contributed by atoms with Crippen molar-refractivity contribution in [1.29, 1.82) is 0 Å². The van der Waals surface area contributed by atoms with E-state index in [0.29, 0.717) is 36.5 Å². The molecule has 0 radical (unpaired) electrons.